The van der Waals surface area contributed by atoms with Gasteiger partial charge >= 0.3 is 0 Å². The maximum absolute atomic E-state index is 6.19. The van der Waals surface area contributed by atoms with E-state index < -0.39 is 5.79 Å². The van der Waals surface area contributed by atoms with Gasteiger partial charge in [0.15, 0.2) is 5.79 Å². The Morgan fingerprint density at radius 2 is 1.67 bits per heavy atom. The van der Waals surface area contributed by atoms with Crippen LogP contribution in [0.2, 0.25) is 0 Å². The van der Waals surface area contributed by atoms with Crippen molar-refractivity contribution in [3.05, 3.63) is 0 Å². The fraction of sp³-hybridized carbons (Fsp3) is 1.00. The molecule has 0 aromatic rings. The van der Waals surface area contributed by atoms with Crippen LogP contribution in [0.15, 0.2) is 0 Å². The average Bonchev–Trinajstić information content (AvgIpc) is 2.91. The van der Waals surface area contributed by atoms with Gasteiger partial charge in [-0.25, -0.2) is 0 Å². The lowest BCUT2D eigenvalue weighted by Crippen LogP contribution is -2.59. The molecule has 104 valence electrons. The molecule has 2 aliphatic heterocycles. The van der Waals surface area contributed by atoms with Crippen LogP contribution >= 0.6 is 0 Å². The highest BCUT2D eigenvalue weighted by Gasteiger charge is 2.62. The minimum atomic E-state index is -0.425. The molecular weight excluding hydrogens is 228 g/mol. The van der Waals surface area contributed by atoms with Crippen molar-refractivity contribution in [3.63, 3.8) is 0 Å². The van der Waals surface area contributed by atoms with Crippen LogP contribution in [0, 0.1) is 11.3 Å². The van der Waals surface area contributed by atoms with Gasteiger partial charge in [0.1, 0.15) is 5.60 Å². The molecule has 0 amide bonds. The first-order chi connectivity index (χ1) is 8.48. The van der Waals surface area contributed by atoms with Crippen molar-refractivity contribution in [3.8, 4) is 0 Å². The number of hydrogen-bond donors (Lipinski definition) is 0. The summed E-state index contributed by atoms with van der Waals surface area (Å²) < 4.78 is 18.3. The van der Waals surface area contributed by atoms with Crippen molar-refractivity contribution in [2.75, 3.05) is 19.8 Å². The second kappa shape index (κ2) is 4.19. The van der Waals surface area contributed by atoms with Crippen molar-refractivity contribution in [1.82, 2.24) is 0 Å². The standard InChI is InChI=1S/C15H26O3/c1-13(2,3)12-5-7-15(17-9-10-18-15)14(11-12)6-4-8-16-14/h12H,4-11H2,1-3H3/t12-,14-/m0/s1. The van der Waals surface area contributed by atoms with Gasteiger partial charge in [0.25, 0.3) is 0 Å². The normalized spacial score (nSPS) is 39.8. The first-order valence-electron chi connectivity index (χ1n) is 7.39. The van der Waals surface area contributed by atoms with Crippen molar-refractivity contribution < 1.29 is 14.2 Å². The Hall–Kier alpha value is -0.120. The summed E-state index contributed by atoms with van der Waals surface area (Å²) in [4.78, 5) is 0. The third kappa shape index (κ3) is 1.83. The quantitative estimate of drug-likeness (QED) is 0.664. The Morgan fingerprint density at radius 1 is 0.944 bits per heavy atom. The SMILES string of the molecule is CC(C)(C)[C@H]1CCC2(OCCO2)[C@]2(CCCO2)C1. The van der Waals surface area contributed by atoms with Gasteiger partial charge in [-0.1, -0.05) is 20.8 Å². The minimum Gasteiger partial charge on any atom is -0.369 e. The van der Waals surface area contributed by atoms with Crippen LogP contribution < -0.4 is 0 Å². The topological polar surface area (TPSA) is 27.7 Å². The summed E-state index contributed by atoms with van der Waals surface area (Å²) in [5, 5.41) is 0. The molecule has 0 radical (unpaired) electrons. The zero-order chi connectivity index (χ0) is 12.9. The summed E-state index contributed by atoms with van der Waals surface area (Å²) in [5.41, 5.74) is 0.179. The molecule has 3 aliphatic rings. The van der Waals surface area contributed by atoms with E-state index in [-0.39, 0.29) is 5.60 Å². The zero-order valence-corrected chi connectivity index (χ0v) is 12.0. The molecule has 3 heteroatoms. The Morgan fingerprint density at radius 3 is 2.22 bits per heavy atom. The summed E-state index contributed by atoms with van der Waals surface area (Å²) >= 11 is 0. The van der Waals surface area contributed by atoms with E-state index in [1.807, 2.05) is 0 Å². The molecule has 0 unspecified atom stereocenters. The summed E-state index contributed by atoms with van der Waals surface area (Å²) in [6, 6.07) is 0. The summed E-state index contributed by atoms with van der Waals surface area (Å²) in [5.74, 6) is 0.277. The first kappa shape index (κ1) is 12.9. The molecule has 0 aromatic carbocycles. The average molecular weight is 254 g/mol. The zero-order valence-electron chi connectivity index (χ0n) is 12.0. The van der Waals surface area contributed by atoms with E-state index in [0.29, 0.717) is 11.3 Å². The Balaban J connectivity index is 1.87. The highest BCUT2D eigenvalue weighted by atomic mass is 16.8. The predicted octanol–water partition coefficient (Wildman–Crippen LogP) is 3.12. The third-order valence-corrected chi connectivity index (χ3v) is 5.17. The van der Waals surface area contributed by atoms with Crippen molar-refractivity contribution in [2.45, 2.75) is 64.3 Å². The van der Waals surface area contributed by atoms with Gasteiger partial charge in [-0.3, -0.25) is 0 Å². The molecule has 2 spiro atoms. The van der Waals surface area contributed by atoms with Crippen molar-refractivity contribution in [1.29, 1.82) is 0 Å². The second-order valence-electron chi connectivity index (χ2n) is 7.20. The molecule has 2 atom stereocenters. The van der Waals surface area contributed by atoms with Crippen LogP contribution in [0.5, 0.6) is 0 Å². The lowest BCUT2D eigenvalue weighted by atomic mass is 9.64. The second-order valence-corrected chi connectivity index (χ2v) is 7.20. The van der Waals surface area contributed by atoms with E-state index in [9.17, 15) is 0 Å². The molecule has 0 aromatic heterocycles. The molecule has 0 bridgehead atoms. The van der Waals surface area contributed by atoms with Crippen LogP contribution in [0.3, 0.4) is 0 Å². The largest absolute Gasteiger partial charge is 0.369 e. The van der Waals surface area contributed by atoms with Crippen LogP contribution in [-0.4, -0.2) is 31.2 Å². The summed E-state index contributed by atoms with van der Waals surface area (Å²) in [6.07, 6.45) is 5.52. The van der Waals surface area contributed by atoms with Crippen LogP contribution in [-0.2, 0) is 14.2 Å². The molecule has 2 heterocycles. The number of rotatable bonds is 0. The molecular formula is C15H26O3. The highest BCUT2D eigenvalue weighted by Crippen LogP contribution is 2.55. The van der Waals surface area contributed by atoms with Gasteiger partial charge < -0.3 is 14.2 Å². The number of hydrogen-bond acceptors (Lipinski definition) is 3. The minimum absolute atomic E-state index is 0.167. The maximum Gasteiger partial charge on any atom is 0.197 e. The maximum atomic E-state index is 6.19. The van der Waals surface area contributed by atoms with E-state index in [0.717, 1.165) is 45.5 Å². The van der Waals surface area contributed by atoms with Gasteiger partial charge in [-0.05, 0) is 37.0 Å². The van der Waals surface area contributed by atoms with Gasteiger partial charge in [0.2, 0.25) is 0 Å². The van der Waals surface area contributed by atoms with Crippen molar-refractivity contribution >= 4 is 0 Å². The fourth-order valence-electron chi connectivity index (χ4n) is 4.01. The number of fused-ring (bicyclic) bond motifs is 1. The molecule has 1 saturated carbocycles. The Bertz CT molecular complexity index is 306. The third-order valence-electron chi connectivity index (χ3n) is 5.17. The van der Waals surface area contributed by atoms with Gasteiger partial charge in [-0.15, -0.1) is 0 Å². The summed E-state index contributed by atoms with van der Waals surface area (Å²) in [7, 11) is 0. The Labute approximate surface area is 110 Å². The molecule has 0 N–H and O–H groups in total. The molecule has 3 fully saturated rings. The van der Waals surface area contributed by atoms with Gasteiger partial charge in [0.05, 0.1) is 13.2 Å². The number of ether oxygens (including phenoxy) is 3. The van der Waals surface area contributed by atoms with Crippen molar-refractivity contribution in [2.24, 2.45) is 11.3 Å². The van der Waals surface area contributed by atoms with E-state index in [1.54, 1.807) is 0 Å². The highest BCUT2D eigenvalue weighted by molar-refractivity contribution is 5.06. The predicted molar refractivity (Wildman–Crippen MR) is 69.3 cm³/mol. The van der Waals surface area contributed by atoms with E-state index in [2.05, 4.69) is 20.8 Å². The van der Waals surface area contributed by atoms with Gasteiger partial charge in [-0.2, -0.15) is 0 Å². The lowest BCUT2D eigenvalue weighted by molar-refractivity contribution is -0.297. The first-order valence-corrected chi connectivity index (χ1v) is 7.39. The van der Waals surface area contributed by atoms with Crippen LogP contribution in [0.25, 0.3) is 0 Å². The van der Waals surface area contributed by atoms with Crippen LogP contribution in [0.4, 0.5) is 0 Å². The van der Waals surface area contributed by atoms with E-state index >= 15 is 0 Å². The van der Waals surface area contributed by atoms with E-state index in [1.165, 1.54) is 6.42 Å². The lowest BCUT2D eigenvalue weighted by Gasteiger charge is -2.51. The van der Waals surface area contributed by atoms with Gasteiger partial charge in [0, 0.05) is 13.0 Å². The molecule has 2 saturated heterocycles. The summed E-state index contributed by atoms with van der Waals surface area (Å²) in [6.45, 7) is 9.35. The Kier molecular flexibility index (Phi) is 3.00. The smallest absolute Gasteiger partial charge is 0.197 e. The van der Waals surface area contributed by atoms with Crippen LogP contribution in [0.1, 0.15) is 52.9 Å². The molecule has 3 nitrogen and oxygen atoms in total. The molecule has 18 heavy (non-hydrogen) atoms. The van der Waals surface area contributed by atoms with E-state index in [4.69, 9.17) is 14.2 Å². The fourth-order valence-corrected chi connectivity index (χ4v) is 4.01. The molecule has 1 aliphatic carbocycles. The molecule has 3 rings (SSSR count). The monoisotopic (exact) mass is 254 g/mol.